The SMILES string of the molecule is NC(=O)c1ccc(Sc2ccc(C(=O)NC3CC4CCN(CC4)C3)cc2)cc1. The van der Waals surface area contributed by atoms with Gasteiger partial charge < -0.3 is 16.0 Å². The van der Waals surface area contributed by atoms with Crippen molar-refractivity contribution in [3.05, 3.63) is 59.7 Å². The molecule has 5 nitrogen and oxygen atoms in total. The first-order chi connectivity index (χ1) is 13.6. The summed E-state index contributed by atoms with van der Waals surface area (Å²) in [5, 5.41) is 3.23. The van der Waals surface area contributed by atoms with Crippen molar-refractivity contribution in [2.24, 2.45) is 11.7 Å². The molecule has 3 heterocycles. The molecular weight excluding hydrogens is 370 g/mol. The highest BCUT2D eigenvalue weighted by Gasteiger charge is 2.29. The van der Waals surface area contributed by atoms with Crippen LogP contribution in [0.4, 0.5) is 0 Å². The molecule has 2 aromatic carbocycles. The molecule has 0 aromatic heterocycles. The summed E-state index contributed by atoms with van der Waals surface area (Å²) >= 11 is 1.59. The number of primary amides is 1. The van der Waals surface area contributed by atoms with Crippen LogP contribution in [0.2, 0.25) is 0 Å². The standard InChI is InChI=1S/C22H25N3O2S/c23-21(26)16-1-5-19(6-2-16)28-20-7-3-17(4-8-20)22(27)24-18-13-15-9-11-25(14-18)12-10-15/h1-8,15,18H,9-14H2,(H2,23,26)(H,24,27). The van der Waals surface area contributed by atoms with E-state index in [2.05, 4.69) is 10.2 Å². The summed E-state index contributed by atoms with van der Waals surface area (Å²) in [6.45, 7) is 3.31. The topological polar surface area (TPSA) is 75.4 Å². The molecule has 6 heteroatoms. The molecule has 28 heavy (non-hydrogen) atoms. The number of hydrogen-bond donors (Lipinski definition) is 2. The third-order valence-corrected chi connectivity index (χ3v) is 6.65. The van der Waals surface area contributed by atoms with Gasteiger partial charge in [-0.2, -0.15) is 0 Å². The normalized spacial score (nSPS) is 23.8. The van der Waals surface area contributed by atoms with Crippen molar-refractivity contribution in [3.8, 4) is 0 Å². The van der Waals surface area contributed by atoms with Crippen molar-refractivity contribution in [1.29, 1.82) is 0 Å². The molecule has 0 saturated carbocycles. The number of rotatable bonds is 5. The minimum atomic E-state index is -0.426. The molecule has 3 aliphatic rings. The second kappa shape index (κ2) is 8.37. The van der Waals surface area contributed by atoms with Crippen molar-refractivity contribution in [2.75, 3.05) is 19.6 Å². The van der Waals surface area contributed by atoms with Crippen LogP contribution in [0, 0.1) is 5.92 Å². The van der Waals surface area contributed by atoms with Gasteiger partial charge in [0.2, 0.25) is 5.91 Å². The third-order valence-electron chi connectivity index (χ3n) is 5.63. The van der Waals surface area contributed by atoms with Gasteiger partial charge in [-0.05, 0) is 86.8 Å². The number of nitrogens with one attached hydrogen (secondary N) is 1. The van der Waals surface area contributed by atoms with Crippen LogP contribution < -0.4 is 11.1 Å². The summed E-state index contributed by atoms with van der Waals surface area (Å²) < 4.78 is 0. The number of nitrogens with two attached hydrogens (primary N) is 1. The number of hydrogen-bond acceptors (Lipinski definition) is 4. The van der Waals surface area contributed by atoms with Crippen LogP contribution in [0.5, 0.6) is 0 Å². The number of benzene rings is 2. The predicted molar refractivity (Wildman–Crippen MR) is 111 cm³/mol. The summed E-state index contributed by atoms with van der Waals surface area (Å²) in [5.74, 6) is 0.337. The Morgan fingerprint density at radius 3 is 2.07 bits per heavy atom. The van der Waals surface area contributed by atoms with Gasteiger partial charge in [0, 0.05) is 33.5 Å². The van der Waals surface area contributed by atoms with Gasteiger partial charge in [0.15, 0.2) is 0 Å². The number of fused-ring (bicyclic) bond motifs is 4. The fourth-order valence-electron chi connectivity index (χ4n) is 4.06. The summed E-state index contributed by atoms with van der Waals surface area (Å²) in [5.41, 5.74) is 6.46. The van der Waals surface area contributed by atoms with E-state index in [4.69, 9.17) is 5.73 Å². The van der Waals surface area contributed by atoms with Crippen molar-refractivity contribution in [2.45, 2.75) is 35.1 Å². The molecule has 3 aliphatic heterocycles. The molecule has 5 rings (SSSR count). The highest BCUT2D eigenvalue weighted by molar-refractivity contribution is 7.99. The highest BCUT2D eigenvalue weighted by atomic mass is 32.2. The van der Waals surface area contributed by atoms with Crippen molar-refractivity contribution in [3.63, 3.8) is 0 Å². The van der Waals surface area contributed by atoms with Crippen LogP contribution >= 0.6 is 11.8 Å². The quantitative estimate of drug-likeness (QED) is 0.815. The van der Waals surface area contributed by atoms with Crippen LogP contribution in [-0.4, -0.2) is 42.4 Å². The van der Waals surface area contributed by atoms with Crippen molar-refractivity contribution < 1.29 is 9.59 Å². The maximum atomic E-state index is 12.6. The van der Waals surface area contributed by atoms with Crippen LogP contribution in [0.3, 0.4) is 0 Å². The molecule has 3 fully saturated rings. The Labute approximate surface area is 169 Å². The monoisotopic (exact) mass is 395 g/mol. The Bertz CT molecular complexity index is 829. The van der Waals surface area contributed by atoms with Gasteiger partial charge in [-0.15, -0.1) is 0 Å². The van der Waals surface area contributed by atoms with Gasteiger partial charge in [0.1, 0.15) is 0 Å². The Kier molecular flexibility index (Phi) is 5.69. The van der Waals surface area contributed by atoms with Crippen LogP contribution in [0.25, 0.3) is 0 Å². The fraction of sp³-hybridized carbons (Fsp3) is 0.364. The van der Waals surface area contributed by atoms with E-state index in [9.17, 15) is 9.59 Å². The average molecular weight is 396 g/mol. The van der Waals surface area contributed by atoms with Crippen LogP contribution in [0.1, 0.15) is 40.0 Å². The van der Waals surface area contributed by atoms with Gasteiger partial charge in [0.25, 0.3) is 5.91 Å². The lowest BCUT2D eigenvalue weighted by atomic mass is 9.94. The molecular formula is C22H25N3O2S. The molecule has 2 bridgehead atoms. The van der Waals surface area contributed by atoms with E-state index >= 15 is 0 Å². The summed E-state index contributed by atoms with van der Waals surface area (Å²) in [7, 11) is 0. The number of nitrogens with zero attached hydrogens (tertiary/aromatic N) is 1. The van der Waals surface area contributed by atoms with Gasteiger partial charge in [-0.3, -0.25) is 9.59 Å². The summed E-state index contributed by atoms with van der Waals surface area (Å²) in [6.07, 6.45) is 3.62. The molecule has 2 amide bonds. The van der Waals surface area contributed by atoms with E-state index in [0.717, 1.165) is 28.7 Å². The number of piperidine rings is 1. The first-order valence-corrected chi connectivity index (χ1v) is 10.6. The summed E-state index contributed by atoms with van der Waals surface area (Å²) in [6, 6.07) is 15.1. The first kappa shape index (κ1) is 19.0. The largest absolute Gasteiger partial charge is 0.366 e. The molecule has 3 saturated heterocycles. The van der Waals surface area contributed by atoms with Gasteiger partial charge in [-0.1, -0.05) is 11.8 Å². The molecule has 3 N–H and O–H groups in total. The fourth-order valence-corrected chi connectivity index (χ4v) is 4.88. The maximum Gasteiger partial charge on any atom is 0.251 e. The van der Waals surface area contributed by atoms with E-state index in [1.807, 2.05) is 36.4 Å². The van der Waals surface area contributed by atoms with E-state index in [-0.39, 0.29) is 11.9 Å². The first-order valence-electron chi connectivity index (χ1n) is 9.78. The zero-order valence-electron chi connectivity index (χ0n) is 15.8. The average Bonchev–Trinajstić information content (AvgIpc) is 3.01. The molecule has 1 atom stereocenters. The molecule has 1 unspecified atom stereocenters. The predicted octanol–water partition coefficient (Wildman–Crippen LogP) is 3.15. The molecule has 2 aromatic rings. The minimum absolute atomic E-state index is 0.00913. The van der Waals surface area contributed by atoms with E-state index < -0.39 is 5.91 Å². The molecule has 146 valence electrons. The smallest absolute Gasteiger partial charge is 0.251 e. The molecule has 0 spiro atoms. The van der Waals surface area contributed by atoms with Crippen LogP contribution in [0.15, 0.2) is 58.3 Å². The van der Waals surface area contributed by atoms with Gasteiger partial charge in [-0.25, -0.2) is 0 Å². The van der Waals surface area contributed by atoms with Crippen molar-refractivity contribution >= 4 is 23.6 Å². The summed E-state index contributed by atoms with van der Waals surface area (Å²) in [4.78, 5) is 28.3. The minimum Gasteiger partial charge on any atom is -0.366 e. The maximum absolute atomic E-state index is 12.6. The Hall–Kier alpha value is -2.31. The van der Waals surface area contributed by atoms with Gasteiger partial charge in [0.05, 0.1) is 0 Å². The Balaban J connectivity index is 1.36. The lowest BCUT2D eigenvalue weighted by Crippen LogP contribution is -2.41. The zero-order valence-corrected chi connectivity index (χ0v) is 16.6. The lowest BCUT2D eigenvalue weighted by molar-refractivity contribution is 0.0928. The molecule has 0 radical (unpaired) electrons. The number of amides is 2. The number of carbonyl (C=O) groups is 2. The third kappa shape index (κ3) is 4.56. The number of carbonyl (C=O) groups excluding carboxylic acids is 2. The highest BCUT2D eigenvalue weighted by Crippen LogP contribution is 2.29. The van der Waals surface area contributed by atoms with Crippen LogP contribution in [-0.2, 0) is 0 Å². The Morgan fingerprint density at radius 1 is 0.929 bits per heavy atom. The van der Waals surface area contributed by atoms with Gasteiger partial charge >= 0.3 is 0 Å². The second-order valence-corrected chi connectivity index (χ2v) is 8.81. The second-order valence-electron chi connectivity index (χ2n) is 7.67. The van der Waals surface area contributed by atoms with Crippen molar-refractivity contribution in [1.82, 2.24) is 10.2 Å². The Morgan fingerprint density at radius 2 is 1.50 bits per heavy atom. The molecule has 0 aliphatic carbocycles. The zero-order chi connectivity index (χ0) is 19.5. The van der Waals surface area contributed by atoms with E-state index in [1.54, 1.807) is 23.9 Å². The lowest BCUT2D eigenvalue weighted by Gasteiger charge is -2.26. The van der Waals surface area contributed by atoms with E-state index in [0.29, 0.717) is 11.1 Å². The van der Waals surface area contributed by atoms with E-state index in [1.165, 1.54) is 25.9 Å².